The lowest BCUT2D eigenvalue weighted by Crippen LogP contribution is -2.56. The number of fused-ring (bicyclic) bond motifs is 1. The smallest absolute Gasteiger partial charge is 0.366 e. The standard InChI is InChI=1S/C18H25N7O2/c1-23-18(26)22-16(11-21-23)27-10-5-14-3-4-15-13-25(9-8-24(15)12-14)17-19-6-2-7-20-17/h2,6-7,11,14-15H,3-5,8-10,12-13H2,1H3. The fourth-order valence-corrected chi connectivity index (χ4v) is 3.91. The van der Waals surface area contributed by atoms with E-state index in [1.54, 1.807) is 19.4 Å². The Morgan fingerprint density at radius 2 is 2.04 bits per heavy atom. The van der Waals surface area contributed by atoms with Crippen LogP contribution in [0.2, 0.25) is 0 Å². The van der Waals surface area contributed by atoms with Crippen LogP contribution in [0.5, 0.6) is 5.88 Å². The molecule has 2 aromatic rings. The van der Waals surface area contributed by atoms with Crippen molar-refractivity contribution in [2.45, 2.75) is 25.3 Å². The van der Waals surface area contributed by atoms with E-state index in [0.29, 0.717) is 24.4 Å². The molecule has 0 saturated carbocycles. The Morgan fingerprint density at radius 1 is 1.19 bits per heavy atom. The molecular formula is C18H25N7O2. The number of nitrogens with zero attached hydrogens (tertiary/aromatic N) is 7. The maximum atomic E-state index is 11.5. The van der Waals surface area contributed by atoms with Gasteiger partial charge >= 0.3 is 5.69 Å². The molecule has 2 fully saturated rings. The lowest BCUT2D eigenvalue weighted by atomic mass is 9.89. The van der Waals surface area contributed by atoms with Crippen LogP contribution in [0.3, 0.4) is 0 Å². The van der Waals surface area contributed by atoms with Gasteiger partial charge in [0.05, 0.1) is 6.61 Å². The number of hydrogen-bond donors (Lipinski definition) is 0. The summed E-state index contributed by atoms with van der Waals surface area (Å²) in [4.78, 5) is 29.0. The van der Waals surface area contributed by atoms with Crippen LogP contribution >= 0.6 is 0 Å². The zero-order chi connectivity index (χ0) is 18.6. The molecule has 2 aliphatic rings. The predicted molar refractivity (Wildman–Crippen MR) is 99.7 cm³/mol. The summed E-state index contributed by atoms with van der Waals surface area (Å²) in [7, 11) is 1.57. The zero-order valence-electron chi connectivity index (χ0n) is 15.6. The van der Waals surface area contributed by atoms with E-state index in [-0.39, 0.29) is 0 Å². The van der Waals surface area contributed by atoms with Crippen molar-refractivity contribution in [3.05, 3.63) is 35.1 Å². The Balaban J connectivity index is 1.25. The minimum absolute atomic E-state index is 0.309. The molecule has 0 N–H and O–H groups in total. The van der Waals surface area contributed by atoms with Gasteiger partial charge in [-0.2, -0.15) is 10.1 Å². The second kappa shape index (κ2) is 7.99. The van der Waals surface area contributed by atoms with Gasteiger partial charge in [0.25, 0.3) is 0 Å². The molecule has 4 heterocycles. The van der Waals surface area contributed by atoms with E-state index in [0.717, 1.165) is 38.5 Å². The summed E-state index contributed by atoms with van der Waals surface area (Å²) in [6, 6.07) is 2.43. The van der Waals surface area contributed by atoms with Crippen molar-refractivity contribution >= 4 is 5.95 Å². The minimum Gasteiger partial charge on any atom is -0.476 e. The number of ether oxygens (including phenoxy) is 1. The molecule has 0 spiro atoms. The van der Waals surface area contributed by atoms with Crippen molar-refractivity contribution in [1.29, 1.82) is 0 Å². The molecule has 0 bridgehead atoms. The van der Waals surface area contributed by atoms with Gasteiger partial charge in [0.1, 0.15) is 6.20 Å². The van der Waals surface area contributed by atoms with Crippen molar-refractivity contribution in [3.8, 4) is 5.88 Å². The molecule has 9 nitrogen and oxygen atoms in total. The van der Waals surface area contributed by atoms with Crippen molar-refractivity contribution in [2.24, 2.45) is 13.0 Å². The van der Waals surface area contributed by atoms with Crippen LogP contribution in [0.25, 0.3) is 0 Å². The van der Waals surface area contributed by atoms with E-state index in [1.165, 1.54) is 23.7 Å². The van der Waals surface area contributed by atoms with Gasteiger partial charge < -0.3 is 9.64 Å². The number of aryl methyl sites for hydroxylation is 1. The third kappa shape index (κ3) is 4.24. The number of piperidine rings is 1. The van der Waals surface area contributed by atoms with Crippen LogP contribution < -0.4 is 15.3 Å². The Labute approximate surface area is 158 Å². The van der Waals surface area contributed by atoms with E-state index in [4.69, 9.17) is 4.74 Å². The first-order valence-electron chi connectivity index (χ1n) is 9.48. The van der Waals surface area contributed by atoms with Crippen molar-refractivity contribution in [1.82, 2.24) is 29.6 Å². The number of aromatic nitrogens is 5. The summed E-state index contributed by atoms with van der Waals surface area (Å²) in [5.74, 6) is 1.76. The SMILES string of the molecule is Cn1ncc(OCCC2CCC3CN(c4ncccn4)CCN3C2)nc1=O. The molecule has 4 rings (SSSR count). The molecule has 144 valence electrons. The Kier molecular flexibility index (Phi) is 5.28. The topological polar surface area (TPSA) is 89.3 Å². The predicted octanol–water partition coefficient (Wildman–Crippen LogP) is 0.335. The highest BCUT2D eigenvalue weighted by Gasteiger charge is 2.33. The molecule has 2 aromatic heterocycles. The van der Waals surface area contributed by atoms with Crippen LogP contribution in [0, 0.1) is 5.92 Å². The van der Waals surface area contributed by atoms with E-state index in [2.05, 4.69) is 29.9 Å². The highest BCUT2D eigenvalue weighted by atomic mass is 16.5. The summed E-state index contributed by atoms with van der Waals surface area (Å²) in [5.41, 5.74) is -0.395. The maximum absolute atomic E-state index is 11.5. The van der Waals surface area contributed by atoms with Crippen LogP contribution in [0.1, 0.15) is 19.3 Å². The van der Waals surface area contributed by atoms with Crippen molar-refractivity contribution in [3.63, 3.8) is 0 Å². The fraction of sp³-hybridized carbons (Fsp3) is 0.611. The summed E-state index contributed by atoms with van der Waals surface area (Å²) >= 11 is 0. The van der Waals surface area contributed by atoms with Gasteiger partial charge in [0.2, 0.25) is 11.8 Å². The molecule has 0 radical (unpaired) electrons. The summed E-state index contributed by atoms with van der Waals surface area (Å²) < 4.78 is 6.81. The fourth-order valence-electron chi connectivity index (χ4n) is 3.91. The Morgan fingerprint density at radius 3 is 2.85 bits per heavy atom. The molecular weight excluding hydrogens is 346 g/mol. The van der Waals surface area contributed by atoms with E-state index in [9.17, 15) is 4.79 Å². The average Bonchev–Trinajstić information content (AvgIpc) is 2.71. The molecule has 2 aliphatic heterocycles. The first-order chi connectivity index (χ1) is 13.2. The Bertz CT molecular complexity index is 813. The van der Waals surface area contributed by atoms with E-state index >= 15 is 0 Å². The number of rotatable bonds is 5. The van der Waals surface area contributed by atoms with Crippen LogP contribution in [-0.2, 0) is 7.05 Å². The van der Waals surface area contributed by atoms with Crippen molar-refractivity contribution < 1.29 is 4.74 Å². The monoisotopic (exact) mass is 371 g/mol. The average molecular weight is 371 g/mol. The normalized spacial score (nSPS) is 23.1. The first kappa shape index (κ1) is 17.8. The molecule has 0 aliphatic carbocycles. The lowest BCUT2D eigenvalue weighted by Gasteiger charge is -2.46. The van der Waals surface area contributed by atoms with Gasteiger partial charge in [-0.25, -0.2) is 19.4 Å². The quantitative estimate of drug-likeness (QED) is 0.743. The third-order valence-electron chi connectivity index (χ3n) is 5.44. The number of anilines is 1. The molecule has 2 saturated heterocycles. The highest BCUT2D eigenvalue weighted by Crippen LogP contribution is 2.28. The van der Waals surface area contributed by atoms with Gasteiger partial charge in [0, 0.05) is 51.7 Å². The minimum atomic E-state index is -0.395. The second-order valence-electron chi connectivity index (χ2n) is 7.22. The molecule has 2 unspecified atom stereocenters. The largest absolute Gasteiger partial charge is 0.476 e. The molecule has 0 amide bonds. The maximum Gasteiger partial charge on any atom is 0.366 e. The molecule has 9 heteroatoms. The Hall–Kier alpha value is -2.55. The molecule has 2 atom stereocenters. The number of piperazine rings is 1. The van der Waals surface area contributed by atoms with Gasteiger partial charge in [-0.1, -0.05) is 0 Å². The van der Waals surface area contributed by atoms with Gasteiger partial charge in [0.15, 0.2) is 0 Å². The first-order valence-corrected chi connectivity index (χ1v) is 9.48. The van der Waals surface area contributed by atoms with E-state index < -0.39 is 5.69 Å². The highest BCUT2D eigenvalue weighted by molar-refractivity contribution is 5.30. The van der Waals surface area contributed by atoms with Crippen molar-refractivity contribution in [2.75, 3.05) is 37.7 Å². The molecule has 27 heavy (non-hydrogen) atoms. The summed E-state index contributed by atoms with van der Waals surface area (Å²) in [6.45, 7) is 4.66. The van der Waals surface area contributed by atoms with E-state index in [1.807, 2.05) is 6.07 Å². The summed E-state index contributed by atoms with van der Waals surface area (Å²) in [6.07, 6.45) is 8.43. The van der Waals surface area contributed by atoms with Gasteiger partial charge in [-0.15, -0.1) is 0 Å². The molecule has 0 aromatic carbocycles. The van der Waals surface area contributed by atoms with Gasteiger partial charge in [-0.3, -0.25) is 4.90 Å². The van der Waals surface area contributed by atoms with Crippen LogP contribution in [0.4, 0.5) is 5.95 Å². The lowest BCUT2D eigenvalue weighted by molar-refractivity contribution is 0.0847. The second-order valence-corrected chi connectivity index (χ2v) is 7.22. The number of hydrogen-bond acceptors (Lipinski definition) is 8. The summed E-state index contributed by atoms with van der Waals surface area (Å²) in [5, 5.41) is 3.92. The van der Waals surface area contributed by atoms with Crippen LogP contribution in [0.15, 0.2) is 29.5 Å². The third-order valence-corrected chi connectivity index (χ3v) is 5.44. The zero-order valence-corrected chi connectivity index (χ0v) is 15.6. The van der Waals surface area contributed by atoms with Gasteiger partial charge in [-0.05, 0) is 31.2 Å². The van der Waals surface area contributed by atoms with Crippen LogP contribution in [-0.4, -0.2) is 68.5 Å².